The fourth-order valence-electron chi connectivity index (χ4n) is 1.39. The van der Waals surface area contributed by atoms with Crippen molar-refractivity contribution < 1.29 is 0 Å². The second kappa shape index (κ2) is 3.28. The molecule has 0 aliphatic heterocycles. The van der Waals surface area contributed by atoms with E-state index in [2.05, 4.69) is 20.3 Å². The van der Waals surface area contributed by atoms with E-state index in [1.54, 1.807) is 17.1 Å². The van der Waals surface area contributed by atoms with Crippen molar-refractivity contribution in [2.45, 2.75) is 18.9 Å². The van der Waals surface area contributed by atoms with E-state index in [4.69, 9.17) is 5.53 Å². The van der Waals surface area contributed by atoms with Gasteiger partial charge in [0, 0.05) is 10.6 Å². The third-order valence-corrected chi connectivity index (χ3v) is 2.00. The summed E-state index contributed by atoms with van der Waals surface area (Å²) < 4.78 is 1.70. The standard InChI is InChI=1S/C7H8N6/c8-11-10-6-1-2-7(5-6)13-4-3-9-12-13/h3-6H,1-2H2. The Labute approximate surface area is 74.5 Å². The van der Waals surface area contributed by atoms with E-state index in [9.17, 15) is 0 Å². The molecule has 6 nitrogen and oxygen atoms in total. The molecule has 66 valence electrons. The molecule has 0 N–H and O–H groups in total. The van der Waals surface area contributed by atoms with Crippen molar-refractivity contribution in [3.05, 3.63) is 28.9 Å². The van der Waals surface area contributed by atoms with Crippen molar-refractivity contribution in [2.75, 3.05) is 0 Å². The summed E-state index contributed by atoms with van der Waals surface area (Å²) in [5.74, 6) is 0. The molecule has 1 unspecified atom stereocenters. The molecular weight excluding hydrogens is 168 g/mol. The number of rotatable bonds is 2. The monoisotopic (exact) mass is 176 g/mol. The Morgan fingerprint density at radius 3 is 3.31 bits per heavy atom. The van der Waals surface area contributed by atoms with Crippen molar-refractivity contribution in [1.29, 1.82) is 0 Å². The summed E-state index contributed by atoms with van der Waals surface area (Å²) in [6.45, 7) is 0. The second-order valence-corrected chi connectivity index (χ2v) is 2.82. The number of azide groups is 1. The Morgan fingerprint density at radius 1 is 1.69 bits per heavy atom. The first-order valence-corrected chi connectivity index (χ1v) is 4.02. The molecule has 2 rings (SSSR count). The van der Waals surface area contributed by atoms with Gasteiger partial charge in [-0.05, 0) is 18.4 Å². The summed E-state index contributed by atoms with van der Waals surface area (Å²) in [7, 11) is 0. The zero-order valence-corrected chi connectivity index (χ0v) is 6.91. The lowest BCUT2D eigenvalue weighted by molar-refractivity contribution is 0.752. The molecule has 1 aliphatic rings. The molecule has 1 aromatic heterocycles. The van der Waals surface area contributed by atoms with Crippen molar-refractivity contribution >= 4 is 5.70 Å². The van der Waals surface area contributed by atoms with Crippen LogP contribution in [-0.4, -0.2) is 21.0 Å². The predicted octanol–water partition coefficient (Wildman–Crippen LogP) is 1.59. The SMILES string of the molecule is [N-]=[N+]=NC1C=C(n2ccnn2)CC1. The first kappa shape index (κ1) is 7.82. The molecular formula is C7H8N6. The molecule has 0 fully saturated rings. The summed E-state index contributed by atoms with van der Waals surface area (Å²) in [4.78, 5) is 2.77. The van der Waals surface area contributed by atoms with Crippen LogP contribution < -0.4 is 0 Å². The minimum Gasteiger partial charge on any atom is -0.225 e. The van der Waals surface area contributed by atoms with Gasteiger partial charge in [0.05, 0.1) is 18.4 Å². The molecule has 0 saturated heterocycles. The van der Waals surface area contributed by atoms with E-state index in [0.29, 0.717) is 0 Å². The highest BCUT2D eigenvalue weighted by molar-refractivity contribution is 5.48. The van der Waals surface area contributed by atoms with E-state index in [0.717, 1.165) is 18.5 Å². The largest absolute Gasteiger partial charge is 0.225 e. The molecule has 0 radical (unpaired) electrons. The topological polar surface area (TPSA) is 79.5 Å². The molecule has 0 bridgehead atoms. The summed E-state index contributed by atoms with van der Waals surface area (Å²) in [6, 6.07) is -0.0239. The lowest BCUT2D eigenvalue weighted by Crippen LogP contribution is -1.94. The lowest BCUT2D eigenvalue weighted by atomic mass is 10.3. The van der Waals surface area contributed by atoms with Crippen LogP contribution in [0.2, 0.25) is 0 Å². The average Bonchev–Trinajstić information content (AvgIpc) is 2.70. The Morgan fingerprint density at radius 2 is 2.62 bits per heavy atom. The number of nitrogens with zero attached hydrogens (tertiary/aromatic N) is 6. The van der Waals surface area contributed by atoms with Crippen LogP contribution in [0.15, 0.2) is 23.6 Å². The Hall–Kier alpha value is -1.81. The zero-order valence-electron chi connectivity index (χ0n) is 6.91. The molecule has 0 aromatic carbocycles. The van der Waals surface area contributed by atoms with Gasteiger partial charge in [0.15, 0.2) is 0 Å². The van der Waals surface area contributed by atoms with Gasteiger partial charge in [-0.1, -0.05) is 16.4 Å². The van der Waals surface area contributed by atoms with Gasteiger partial charge in [-0.25, -0.2) is 4.68 Å². The number of aromatic nitrogens is 3. The Kier molecular flexibility index (Phi) is 1.97. The van der Waals surface area contributed by atoms with Crippen LogP contribution in [0.3, 0.4) is 0 Å². The molecule has 0 amide bonds. The molecule has 0 saturated carbocycles. The average molecular weight is 176 g/mol. The van der Waals surface area contributed by atoms with Gasteiger partial charge in [-0.15, -0.1) is 5.10 Å². The highest BCUT2D eigenvalue weighted by Crippen LogP contribution is 2.23. The third-order valence-electron chi connectivity index (χ3n) is 2.00. The van der Waals surface area contributed by atoms with Crippen LogP contribution in [0.1, 0.15) is 12.8 Å². The summed E-state index contributed by atoms with van der Waals surface area (Å²) >= 11 is 0. The maximum atomic E-state index is 8.24. The fraction of sp³-hybridized carbons (Fsp3) is 0.429. The highest BCUT2D eigenvalue weighted by Gasteiger charge is 2.15. The minimum atomic E-state index is -0.0239. The molecule has 1 aromatic rings. The first-order chi connectivity index (χ1) is 6.40. The van der Waals surface area contributed by atoms with E-state index in [-0.39, 0.29) is 6.04 Å². The van der Waals surface area contributed by atoms with Crippen LogP contribution in [-0.2, 0) is 0 Å². The van der Waals surface area contributed by atoms with E-state index < -0.39 is 0 Å². The summed E-state index contributed by atoms with van der Waals surface area (Å²) in [6.07, 6.45) is 7.08. The van der Waals surface area contributed by atoms with E-state index in [1.165, 1.54) is 0 Å². The van der Waals surface area contributed by atoms with Gasteiger partial charge in [-0.3, -0.25) is 0 Å². The van der Waals surface area contributed by atoms with E-state index >= 15 is 0 Å². The number of allylic oxidation sites excluding steroid dienone is 1. The van der Waals surface area contributed by atoms with E-state index in [1.807, 2.05) is 6.08 Å². The van der Waals surface area contributed by atoms with Gasteiger partial charge < -0.3 is 0 Å². The van der Waals surface area contributed by atoms with Crippen molar-refractivity contribution in [1.82, 2.24) is 15.0 Å². The maximum Gasteiger partial charge on any atom is 0.0697 e. The van der Waals surface area contributed by atoms with Gasteiger partial charge in [0.2, 0.25) is 0 Å². The van der Waals surface area contributed by atoms with Gasteiger partial charge in [0.25, 0.3) is 0 Å². The molecule has 1 heterocycles. The molecule has 1 aliphatic carbocycles. The van der Waals surface area contributed by atoms with Crippen LogP contribution in [0.4, 0.5) is 0 Å². The Bertz CT molecular complexity index is 358. The van der Waals surface area contributed by atoms with Crippen LogP contribution in [0.25, 0.3) is 16.1 Å². The third kappa shape index (κ3) is 1.52. The Balaban J connectivity index is 2.19. The van der Waals surface area contributed by atoms with Crippen molar-refractivity contribution in [3.8, 4) is 0 Å². The van der Waals surface area contributed by atoms with Gasteiger partial charge >= 0.3 is 0 Å². The molecule has 0 spiro atoms. The zero-order chi connectivity index (χ0) is 9.10. The molecule has 13 heavy (non-hydrogen) atoms. The molecule has 6 heteroatoms. The lowest BCUT2D eigenvalue weighted by Gasteiger charge is -1.96. The van der Waals surface area contributed by atoms with Crippen molar-refractivity contribution in [3.63, 3.8) is 0 Å². The van der Waals surface area contributed by atoms with Gasteiger partial charge in [-0.2, -0.15) is 0 Å². The highest BCUT2D eigenvalue weighted by atomic mass is 15.4. The number of hydrogen-bond donors (Lipinski definition) is 0. The van der Waals surface area contributed by atoms with Crippen LogP contribution >= 0.6 is 0 Å². The van der Waals surface area contributed by atoms with Crippen LogP contribution in [0, 0.1) is 0 Å². The number of hydrogen-bond acceptors (Lipinski definition) is 3. The van der Waals surface area contributed by atoms with Gasteiger partial charge in [0.1, 0.15) is 0 Å². The smallest absolute Gasteiger partial charge is 0.0697 e. The minimum absolute atomic E-state index is 0.0239. The first-order valence-electron chi connectivity index (χ1n) is 4.02. The van der Waals surface area contributed by atoms with Crippen molar-refractivity contribution in [2.24, 2.45) is 5.11 Å². The predicted molar refractivity (Wildman–Crippen MR) is 46.5 cm³/mol. The summed E-state index contributed by atoms with van der Waals surface area (Å²) in [5, 5.41) is 11.2. The fourth-order valence-corrected chi connectivity index (χ4v) is 1.39. The maximum absolute atomic E-state index is 8.24. The van der Waals surface area contributed by atoms with Crippen LogP contribution in [0.5, 0.6) is 0 Å². The molecule has 1 atom stereocenters. The normalized spacial score (nSPS) is 20.9. The quantitative estimate of drug-likeness (QED) is 0.389. The second-order valence-electron chi connectivity index (χ2n) is 2.82. The summed E-state index contributed by atoms with van der Waals surface area (Å²) in [5.41, 5.74) is 9.29.